The molecule has 0 spiro atoms. The van der Waals surface area contributed by atoms with Crippen LogP contribution in [-0.4, -0.2) is 38.6 Å². The Bertz CT molecular complexity index is 365. The third kappa shape index (κ3) is 4.85. The number of hydrogen-bond acceptors (Lipinski definition) is 4. The number of nitrogens with one attached hydrogen (secondary N) is 1. The zero-order valence-electron chi connectivity index (χ0n) is 10.4. The quantitative estimate of drug-likeness (QED) is 0.761. The summed E-state index contributed by atoms with van der Waals surface area (Å²) in [6.07, 6.45) is 0.0407. The lowest BCUT2D eigenvalue weighted by Crippen LogP contribution is -2.31. The van der Waals surface area contributed by atoms with Crippen molar-refractivity contribution in [2.75, 3.05) is 27.4 Å². The SMILES string of the molecule is COCC(CNCc1cc(Br)c(O)c(Br)c1)OC. The molecule has 0 heterocycles. The lowest BCUT2D eigenvalue weighted by atomic mass is 10.2. The number of ether oxygens (including phenoxy) is 2. The smallest absolute Gasteiger partial charge is 0.143 e. The van der Waals surface area contributed by atoms with Crippen LogP contribution in [0, 0.1) is 0 Å². The monoisotopic (exact) mass is 381 g/mol. The van der Waals surface area contributed by atoms with Crippen LogP contribution in [0.2, 0.25) is 0 Å². The molecule has 0 amide bonds. The van der Waals surface area contributed by atoms with E-state index in [2.05, 4.69) is 37.2 Å². The maximum Gasteiger partial charge on any atom is 0.143 e. The summed E-state index contributed by atoms with van der Waals surface area (Å²) in [6.45, 7) is 1.97. The summed E-state index contributed by atoms with van der Waals surface area (Å²) in [5.41, 5.74) is 1.07. The van der Waals surface area contributed by atoms with Gasteiger partial charge in [-0.1, -0.05) is 0 Å². The summed E-state index contributed by atoms with van der Waals surface area (Å²) < 4.78 is 11.6. The summed E-state index contributed by atoms with van der Waals surface area (Å²) in [6, 6.07) is 3.76. The molecule has 0 saturated heterocycles. The number of hydrogen-bond donors (Lipinski definition) is 2. The zero-order valence-corrected chi connectivity index (χ0v) is 13.5. The normalized spacial score (nSPS) is 12.7. The summed E-state index contributed by atoms with van der Waals surface area (Å²) in [4.78, 5) is 0. The first-order valence-electron chi connectivity index (χ1n) is 5.47. The fourth-order valence-electron chi connectivity index (χ4n) is 1.49. The van der Waals surface area contributed by atoms with Crippen LogP contribution in [0.15, 0.2) is 21.1 Å². The first kappa shape index (κ1) is 15.9. The second-order valence-electron chi connectivity index (χ2n) is 3.85. The molecule has 1 aromatic carbocycles. The summed E-state index contributed by atoms with van der Waals surface area (Å²) in [7, 11) is 3.32. The molecule has 18 heavy (non-hydrogen) atoms. The second-order valence-corrected chi connectivity index (χ2v) is 5.56. The molecular weight excluding hydrogens is 366 g/mol. The average Bonchev–Trinajstić information content (AvgIpc) is 2.34. The maximum atomic E-state index is 9.60. The number of phenolic OH excluding ortho intramolecular Hbond substituents is 1. The average molecular weight is 383 g/mol. The molecule has 1 rings (SSSR count). The molecule has 1 aromatic rings. The molecule has 1 atom stereocenters. The van der Waals surface area contributed by atoms with Gasteiger partial charge in [0.15, 0.2) is 0 Å². The highest BCUT2D eigenvalue weighted by molar-refractivity contribution is 9.11. The van der Waals surface area contributed by atoms with Crippen LogP contribution < -0.4 is 5.32 Å². The molecule has 0 aliphatic carbocycles. The highest BCUT2D eigenvalue weighted by atomic mass is 79.9. The lowest BCUT2D eigenvalue weighted by Gasteiger charge is -2.15. The number of benzene rings is 1. The molecule has 0 bridgehead atoms. The molecule has 6 heteroatoms. The molecular formula is C12H17Br2NO3. The first-order chi connectivity index (χ1) is 8.58. The van der Waals surface area contributed by atoms with Crippen molar-refractivity contribution in [1.29, 1.82) is 0 Å². The molecule has 0 aromatic heterocycles. The molecule has 0 saturated carbocycles. The fourth-order valence-corrected chi connectivity index (χ4v) is 2.78. The van der Waals surface area contributed by atoms with Gasteiger partial charge in [0, 0.05) is 27.3 Å². The second kappa shape index (κ2) is 8.12. The van der Waals surface area contributed by atoms with Gasteiger partial charge in [-0.25, -0.2) is 0 Å². The van der Waals surface area contributed by atoms with Gasteiger partial charge in [0.1, 0.15) is 5.75 Å². The lowest BCUT2D eigenvalue weighted by molar-refractivity contribution is 0.0288. The Kier molecular flexibility index (Phi) is 7.18. The van der Waals surface area contributed by atoms with Crippen molar-refractivity contribution in [3.63, 3.8) is 0 Å². The Hall–Kier alpha value is -0.140. The Morgan fingerprint density at radius 3 is 2.39 bits per heavy atom. The van der Waals surface area contributed by atoms with Gasteiger partial charge in [-0.3, -0.25) is 0 Å². The standard InChI is InChI=1S/C12H17Br2NO3/c1-17-7-9(18-2)6-15-5-8-3-10(13)12(16)11(14)4-8/h3-4,9,15-16H,5-7H2,1-2H3. The summed E-state index contributed by atoms with van der Waals surface area (Å²) in [5.74, 6) is 0.216. The molecule has 2 N–H and O–H groups in total. The topological polar surface area (TPSA) is 50.7 Å². The number of phenols is 1. The van der Waals surface area contributed by atoms with Crippen molar-refractivity contribution in [2.24, 2.45) is 0 Å². The van der Waals surface area contributed by atoms with E-state index in [1.165, 1.54) is 0 Å². The van der Waals surface area contributed by atoms with Crippen LogP contribution in [0.1, 0.15) is 5.56 Å². The van der Waals surface area contributed by atoms with Crippen LogP contribution in [0.25, 0.3) is 0 Å². The molecule has 0 fully saturated rings. The van der Waals surface area contributed by atoms with E-state index in [4.69, 9.17) is 9.47 Å². The van der Waals surface area contributed by atoms with Gasteiger partial charge < -0.3 is 19.9 Å². The molecule has 102 valence electrons. The van der Waals surface area contributed by atoms with Crippen LogP contribution >= 0.6 is 31.9 Å². The Balaban J connectivity index is 2.48. The van der Waals surface area contributed by atoms with E-state index in [1.54, 1.807) is 14.2 Å². The minimum atomic E-state index is 0.0407. The molecule has 1 unspecified atom stereocenters. The Morgan fingerprint density at radius 2 is 1.89 bits per heavy atom. The maximum absolute atomic E-state index is 9.60. The van der Waals surface area contributed by atoms with Crippen molar-refractivity contribution < 1.29 is 14.6 Å². The van der Waals surface area contributed by atoms with E-state index >= 15 is 0 Å². The van der Waals surface area contributed by atoms with Crippen molar-refractivity contribution >= 4 is 31.9 Å². The zero-order chi connectivity index (χ0) is 13.5. The molecule has 4 nitrogen and oxygen atoms in total. The highest BCUT2D eigenvalue weighted by Crippen LogP contribution is 2.33. The van der Waals surface area contributed by atoms with Crippen LogP contribution in [0.3, 0.4) is 0 Å². The number of aromatic hydroxyl groups is 1. The van der Waals surface area contributed by atoms with Crippen LogP contribution in [0.4, 0.5) is 0 Å². The highest BCUT2D eigenvalue weighted by Gasteiger charge is 2.08. The predicted octanol–water partition coefficient (Wildman–Crippen LogP) is 2.67. The molecule has 0 aliphatic rings. The van der Waals surface area contributed by atoms with E-state index in [9.17, 15) is 5.11 Å². The molecule has 0 radical (unpaired) electrons. The van der Waals surface area contributed by atoms with E-state index in [1.807, 2.05) is 12.1 Å². The minimum Gasteiger partial charge on any atom is -0.506 e. The summed E-state index contributed by atoms with van der Waals surface area (Å²) in [5, 5.41) is 12.9. The number of rotatable bonds is 7. The minimum absolute atomic E-state index is 0.0407. The van der Waals surface area contributed by atoms with Crippen molar-refractivity contribution in [3.8, 4) is 5.75 Å². The Labute approximate surface area is 124 Å². The van der Waals surface area contributed by atoms with Crippen LogP contribution in [-0.2, 0) is 16.0 Å². The third-order valence-corrected chi connectivity index (χ3v) is 3.67. The number of halogens is 2. The predicted molar refractivity (Wildman–Crippen MR) is 77.9 cm³/mol. The van der Waals surface area contributed by atoms with E-state index < -0.39 is 0 Å². The van der Waals surface area contributed by atoms with Crippen LogP contribution in [0.5, 0.6) is 5.75 Å². The van der Waals surface area contributed by atoms with Gasteiger partial charge in [-0.15, -0.1) is 0 Å². The van der Waals surface area contributed by atoms with Gasteiger partial charge in [-0.2, -0.15) is 0 Å². The van der Waals surface area contributed by atoms with Gasteiger partial charge in [0.25, 0.3) is 0 Å². The van der Waals surface area contributed by atoms with E-state index in [0.717, 1.165) is 5.56 Å². The van der Waals surface area contributed by atoms with Gasteiger partial charge >= 0.3 is 0 Å². The summed E-state index contributed by atoms with van der Waals surface area (Å²) >= 11 is 6.61. The van der Waals surface area contributed by atoms with E-state index in [-0.39, 0.29) is 11.9 Å². The van der Waals surface area contributed by atoms with Crippen molar-refractivity contribution in [2.45, 2.75) is 12.6 Å². The first-order valence-corrected chi connectivity index (χ1v) is 7.06. The number of methoxy groups -OCH3 is 2. The van der Waals surface area contributed by atoms with Gasteiger partial charge in [-0.05, 0) is 49.6 Å². The van der Waals surface area contributed by atoms with Crippen molar-refractivity contribution in [1.82, 2.24) is 5.32 Å². The van der Waals surface area contributed by atoms with Gasteiger partial charge in [0.05, 0.1) is 21.7 Å². The third-order valence-electron chi connectivity index (χ3n) is 2.46. The Morgan fingerprint density at radius 1 is 1.28 bits per heavy atom. The van der Waals surface area contributed by atoms with E-state index in [0.29, 0.717) is 28.6 Å². The van der Waals surface area contributed by atoms with Gasteiger partial charge in [0.2, 0.25) is 0 Å². The largest absolute Gasteiger partial charge is 0.506 e. The molecule has 0 aliphatic heterocycles. The van der Waals surface area contributed by atoms with Crippen molar-refractivity contribution in [3.05, 3.63) is 26.6 Å². The fraction of sp³-hybridized carbons (Fsp3) is 0.500.